The Balaban J connectivity index is 1.68. The van der Waals surface area contributed by atoms with Crippen molar-refractivity contribution in [2.45, 2.75) is 26.5 Å². The Bertz CT molecular complexity index is 1180. The fourth-order valence-electron chi connectivity index (χ4n) is 4.01. The molecule has 0 atom stereocenters. The van der Waals surface area contributed by atoms with Crippen molar-refractivity contribution in [1.82, 2.24) is 9.80 Å². The van der Waals surface area contributed by atoms with Crippen LogP contribution in [0.5, 0.6) is 11.5 Å². The molecule has 3 aromatic rings. The predicted octanol–water partition coefficient (Wildman–Crippen LogP) is 4.34. The van der Waals surface area contributed by atoms with Gasteiger partial charge in [-0.05, 0) is 53.6 Å². The molecule has 0 saturated heterocycles. The highest BCUT2D eigenvalue weighted by Crippen LogP contribution is 2.28. The minimum atomic E-state index is -0.247. The number of hydrogen-bond acceptors (Lipinski definition) is 7. The van der Waals surface area contributed by atoms with E-state index in [1.54, 1.807) is 32.7 Å². The molecule has 1 heterocycles. The summed E-state index contributed by atoms with van der Waals surface area (Å²) in [6.07, 6.45) is 0.628. The summed E-state index contributed by atoms with van der Waals surface area (Å²) in [6.45, 7) is 3.81. The summed E-state index contributed by atoms with van der Waals surface area (Å²) in [5.41, 5.74) is 3.15. The van der Waals surface area contributed by atoms with Crippen molar-refractivity contribution < 1.29 is 28.5 Å². The third-order valence-corrected chi connectivity index (χ3v) is 7.36. The topological polar surface area (TPSA) is 77.5 Å². The molecular formula is C30H38N2O6S. The third-order valence-electron chi connectivity index (χ3n) is 6.35. The minimum Gasteiger partial charge on any atom is -0.493 e. The lowest BCUT2D eigenvalue weighted by atomic mass is 10.1. The van der Waals surface area contributed by atoms with Gasteiger partial charge in [-0.3, -0.25) is 9.59 Å². The molecule has 0 unspecified atom stereocenters. The summed E-state index contributed by atoms with van der Waals surface area (Å²) in [4.78, 5) is 31.1. The molecule has 9 heteroatoms. The lowest BCUT2D eigenvalue weighted by Gasteiger charge is -2.28. The Hall–Kier alpha value is -3.40. The minimum absolute atomic E-state index is 0.0484. The van der Waals surface area contributed by atoms with Crippen LogP contribution < -0.4 is 9.47 Å². The molecule has 0 aliphatic carbocycles. The van der Waals surface area contributed by atoms with Gasteiger partial charge in [0.2, 0.25) is 11.8 Å². The molecule has 1 aromatic heterocycles. The first-order valence-corrected chi connectivity index (χ1v) is 13.7. The van der Waals surface area contributed by atoms with E-state index in [0.717, 1.165) is 21.6 Å². The van der Waals surface area contributed by atoms with Gasteiger partial charge < -0.3 is 28.7 Å². The summed E-state index contributed by atoms with van der Waals surface area (Å²) in [5, 5.41) is 2.03. The van der Waals surface area contributed by atoms with Crippen LogP contribution in [0.15, 0.2) is 60.0 Å². The summed E-state index contributed by atoms with van der Waals surface area (Å²) in [6, 6.07) is 17.5. The summed E-state index contributed by atoms with van der Waals surface area (Å²) < 4.78 is 21.6. The zero-order chi connectivity index (χ0) is 28.0. The molecule has 0 bridgehead atoms. The normalized spacial score (nSPS) is 10.8. The van der Waals surface area contributed by atoms with Crippen molar-refractivity contribution in [2.24, 2.45) is 0 Å². The van der Waals surface area contributed by atoms with Crippen LogP contribution in [-0.2, 0) is 38.6 Å². The Kier molecular flexibility index (Phi) is 12.3. The standard InChI is InChI=1S/C30H38N2O6S/c1-23-13-17-39-28(23)19-31(14-12-24-10-11-26(36-3)27(18-24)37-4)29(33)20-32(15-16-35-2)30(34)22-38-21-25-8-6-5-7-9-25/h5-11,13,17-18H,12,14-16,19-22H2,1-4H3. The molecule has 8 nitrogen and oxygen atoms in total. The van der Waals surface area contributed by atoms with E-state index in [-0.39, 0.29) is 25.0 Å². The Morgan fingerprint density at radius 3 is 2.28 bits per heavy atom. The van der Waals surface area contributed by atoms with Gasteiger partial charge in [0.25, 0.3) is 0 Å². The van der Waals surface area contributed by atoms with E-state index in [1.807, 2.05) is 65.7 Å². The Morgan fingerprint density at radius 1 is 0.846 bits per heavy atom. The highest BCUT2D eigenvalue weighted by Gasteiger charge is 2.22. The van der Waals surface area contributed by atoms with Gasteiger partial charge in [-0.15, -0.1) is 11.3 Å². The molecule has 0 N–H and O–H groups in total. The molecule has 2 aromatic carbocycles. The van der Waals surface area contributed by atoms with Gasteiger partial charge in [0.1, 0.15) is 6.61 Å². The maximum absolute atomic E-state index is 13.6. The van der Waals surface area contributed by atoms with E-state index in [4.69, 9.17) is 18.9 Å². The number of ether oxygens (including phenoxy) is 4. The highest BCUT2D eigenvalue weighted by molar-refractivity contribution is 7.10. The molecule has 2 amide bonds. The van der Waals surface area contributed by atoms with Crippen molar-refractivity contribution in [3.8, 4) is 11.5 Å². The Labute approximate surface area is 235 Å². The van der Waals surface area contributed by atoms with E-state index in [1.165, 1.54) is 4.90 Å². The molecule has 0 spiro atoms. The number of aryl methyl sites for hydroxylation is 1. The van der Waals surface area contributed by atoms with E-state index in [9.17, 15) is 9.59 Å². The van der Waals surface area contributed by atoms with Gasteiger partial charge in [0, 0.05) is 25.1 Å². The van der Waals surface area contributed by atoms with E-state index < -0.39 is 0 Å². The maximum Gasteiger partial charge on any atom is 0.249 e. The number of nitrogens with zero attached hydrogens (tertiary/aromatic N) is 2. The zero-order valence-corrected chi connectivity index (χ0v) is 24.0. The molecule has 0 aliphatic heterocycles. The third kappa shape index (κ3) is 9.38. The second-order valence-electron chi connectivity index (χ2n) is 9.07. The second kappa shape index (κ2) is 15.9. The number of hydrogen-bond donors (Lipinski definition) is 0. The van der Waals surface area contributed by atoms with Gasteiger partial charge in [0.05, 0.1) is 40.5 Å². The fourth-order valence-corrected chi connectivity index (χ4v) is 4.93. The lowest BCUT2D eigenvalue weighted by Crippen LogP contribution is -2.45. The number of amides is 2. The molecular weight excluding hydrogens is 516 g/mol. The highest BCUT2D eigenvalue weighted by atomic mass is 32.1. The largest absolute Gasteiger partial charge is 0.493 e. The van der Waals surface area contributed by atoms with Crippen LogP contribution in [0.1, 0.15) is 21.6 Å². The van der Waals surface area contributed by atoms with Gasteiger partial charge in [-0.25, -0.2) is 0 Å². The van der Waals surface area contributed by atoms with Gasteiger partial charge in [-0.2, -0.15) is 0 Å². The summed E-state index contributed by atoms with van der Waals surface area (Å²) in [7, 11) is 4.78. The predicted molar refractivity (Wildman–Crippen MR) is 152 cm³/mol. The molecule has 0 radical (unpaired) electrons. The number of benzene rings is 2. The average molecular weight is 555 g/mol. The monoisotopic (exact) mass is 554 g/mol. The number of carbonyl (C=O) groups is 2. The van der Waals surface area contributed by atoms with Crippen molar-refractivity contribution >= 4 is 23.2 Å². The van der Waals surface area contributed by atoms with Crippen LogP contribution in [0.3, 0.4) is 0 Å². The molecule has 0 aliphatic rings. The first-order valence-electron chi connectivity index (χ1n) is 12.8. The SMILES string of the molecule is COCCN(CC(=O)N(CCc1ccc(OC)c(OC)c1)Cc1sccc1C)C(=O)COCc1ccccc1. The average Bonchev–Trinajstić information content (AvgIpc) is 3.37. The first-order chi connectivity index (χ1) is 18.9. The van der Waals surface area contributed by atoms with Gasteiger partial charge >= 0.3 is 0 Å². The van der Waals surface area contributed by atoms with Crippen LogP contribution >= 0.6 is 11.3 Å². The number of methoxy groups -OCH3 is 3. The Morgan fingerprint density at radius 2 is 1.62 bits per heavy atom. The van der Waals surface area contributed by atoms with Crippen LogP contribution in [0.4, 0.5) is 0 Å². The lowest BCUT2D eigenvalue weighted by molar-refractivity contribution is -0.144. The van der Waals surface area contributed by atoms with Crippen LogP contribution in [0.2, 0.25) is 0 Å². The van der Waals surface area contributed by atoms with E-state index >= 15 is 0 Å². The van der Waals surface area contributed by atoms with Gasteiger partial charge in [-0.1, -0.05) is 36.4 Å². The summed E-state index contributed by atoms with van der Waals surface area (Å²) >= 11 is 1.63. The first kappa shape index (κ1) is 30.1. The molecule has 39 heavy (non-hydrogen) atoms. The number of rotatable bonds is 16. The van der Waals surface area contributed by atoms with Crippen molar-refractivity contribution in [3.63, 3.8) is 0 Å². The molecule has 210 valence electrons. The quantitative estimate of drug-likeness (QED) is 0.262. The molecule has 0 fully saturated rings. The van der Waals surface area contributed by atoms with Gasteiger partial charge in [0.15, 0.2) is 11.5 Å². The smallest absolute Gasteiger partial charge is 0.249 e. The summed E-state index contributed by atoms with van der Waals surface area (Å²) in [5.74, 6) is 0.929. The maximum atomic E-state index is 13.6. The second-order valence-corrected chi connectivity index (χ2v) is 10.1. The van der Waals surface area contributed by atoms with E-state index in [2.05, 4.69) is 6.07 Å². The molecule has 0 saturated carbocycles. The molecule has 3 rings (SSSR count). The fraction of sp³-hybridized carbons (Fsp3) is 0.400. The number of thiophene rings is 1. The zero-order valence-electron chi connectivity index (χ0n) is 23.2. The van der Waals surface area contributed by atoms with E-state index in [0.29, 0.717) is 50.8 Å². The number of carbonyl (C=O) groups excluding carboxylic acids is 2. The van der Waals surface area contributed by atoms with Crippen molar-refractivity contribution in [2.75, 3.05) is 54.2 Å². The van der Waals surface area contributed by atoms with Crippen LogP contribution in [0, 0.1) is 6.92 Å². The van der Waals surface area contributed by atoms with Crippen LogP contribution in [0.25, 0.3) is 0 Å². The van der Waals surface area contributed by atoms with Crippen LogP contribution in [-0.4, -0.2) is 75.8 Å². The van der Waals surface area contributed by atoms with Crippen molar-refractivity contribution in [3.05, 3.63) is 81.5 Å². The van der Waals surface area contributed by atoms with Crippen molar-refractivity contribution in [1.29, 1.82) is 0 Å².